The lowest BCUT2D eigenvalue weighted by Gasteiger charge is -2.38. The molecule has 0 aliphatic carbocycles. The van der Waals surface area contributed by atoms with Crippen LogP contribution >= 0.6 is 0 Å². The zero-order chi connectivity index (χ0) is 18.7. The van der Waals surface area contributed by atoms with Gasteiger partial charge in [-0.3, -0.25) is 10.1 Å². The fourth-order valence-corrected chi connectivity index (χ4v) is 2.99. The number of hydrogen-bond acceptors (Lipinski definition) is 6. The van der Waals surface area contributed by atoms with Crippen LogP contribution in [0.3, 0.4) is 0 Å². The number of phenols is 1. The molecule has 1 saturated heterocycles. The predicted octanol–water partition coefficient (Wildman–Crippen LogP) is 3.23. The van der Waals surface area contributed by atoms with Crippen molar-refractivity contribution in [2.24, 2.45) is 0 Å². The Balaban J connectivity index is 1.78. The van der Waals surface area contributed by atoms with Gasteiger partial charge in [0.25, 0.3) is 5.69 Å². The van der Waals surface area contributed by atoms with Gasteiger partial charge in [0.1, 0.15) is 5.75 Å². The second-order valence-corrected chi connectivity index (χ2v) is 5.75. The molecule has 1 N–H and O–H groups in total. The van der Waals surface area contributed by atoms with Crippen LogP contribution in [0, 0.1) is 10.1 Å². The minimum atomic E-state index is -3.07. The number of phenolic OH excluding ortho intramolecular Hbond substituents is 1. The standard InChI is InChI=1S/C17H17F2N3O4/c18-17(19)26-16-11-12(22(24)25)5-6-14(16)21-9-7-20(8-10-21)13-3-1-2-4-15(13)23/h1-6,11,17,23H,7-10H2. The fourth-order valence-electron chi connectivity index (χ4n) is 2.99. The van der Waals surface area contributed by atoms with Crippen LogP contribution < -0.4 is 14.5 Å². The second kappa shape index (κ2) is 7.42. The Kier molecular flexibility index (Phi) is 5.06. The van der Waals surface area contributed by atoms with E-state index in [1.807, 2.05) is 21.9 Å². The number of piperazine rings is 1. The Morgan fingerprint density at radius 3 is 2.23 bits per heavy atom. The van der Waals surface area contributed by atoms with Crippen molar-refractivity contribution in [3.8, 4) is 11.5 Å². The number of non-ortho nitro benzene ring substituents is 1. The molecule has 0 radical (unpaired) electrons. The average molecular weight is 365 g/mol. The molecule has 1 fully saturated rings. The number of hydrogen-bond donors (Lipinski definition) is 1. The third-order valence-electron chi connectivity index (χ3n) is 4.21. The first-order chi connectivity index (χ1) is 12.5. The van der Waals surface area contributed by atoms with Gasteiger partial charge < -0.3 is 19.6 Å². The first-order valence-electron chi connectivity index (χ1n) is 7.97. The van der Waals surface area contributed by atoms with E-state index in [1.54, 1.807) is 12.1 Å². The van der Waals surface area contributed by atoms with E-state index in [4.69, 9.17) is 0 Å². The van der Waals surface area contributed by atoms with E-state index >= 15 is 0 Å². The summed E-state index contributed by atoms with van der Waals surface area (Å²) in [6, 6.07) is 10.7. The molecule has 138 valence electrons. The zero-order valence-corrected chi connectivity index (χ0v) is 13.7. The lowest BCUT2D eigenvalue weighted by Crippen LogP contribution is -2.46. The van der Waals surface area contributed by atoms with Gasteiger partial charge in [0, 0.05) is 32.2 Å². The van der Waals surface area contributed by atoms with Crippen molar-refractivity contribution >= 4 is 17.1 Å². The molecule has 0 unspecified atom stereocenters. The monoisotopic (exact) mass is 365 g/mol. The number of para-hydroxylation sites is 2. The van der Waals surface area contributed by atoms with Crippen LogP contribution in [0.2, 0.25) is 0 Å². The predicted molar refractivity (Wildman–Crippen MR) is 92.3 cm³/mol. The molecule has 1 aliphatic rings. The lowest BCUT2D eigenvalue weighted by molar-refractivity contribution is -0.385. The van der Waals surface area contributed by atoms with E-state index in [1.165, 1.54) is 12.1 Å². The van der Waals surface area contributed by atoms with Crippen LogP contribution in [0.1, 0.15) is 0 Å². The number of nitrogens with zero attached hydrogens (tertiary/aromatic N) is 3. The van der Waals surface area contributed by atoms with Crippen molar-refractivity contribution in [1.29, 1.82) is 0 Å². The highest BCUT2D eigenvalue weighted by molar-refractivity contribution is 5.64. The zero-order valence-electron chi connectivity index (χ0n) is 13.7. The lowest BCUT2D eigenvalue weighted by atomic mass is 10.2. The minimum Gasteiger partial charge on any atom is -0.506 e. The number of benzene rings is 2. The summed E-state index contributed by atoms with van der Waals surface area (Å²) in [7, 11) is 0. The maximum atomic E-state index is 12.7. The summed E-state index contributed by atoms with van der Waals surface area (Å²) >= 11 is 0. The van der Waals surface area contributed by atoms with Crippen molar-refractivity contribution in [2.45, 2.75) is 6.61 Å². The summed E-state index contributed by atoms with van der Waals surface area (Å²) in [5, 5.41) is 20.8. The summed E-state index contributed by atoms with van der Waals surface area (Å²) in [5.74, 6) is -0.0387. The van der Waals surface area contributed by atoms with Gasteiger partial charge in [0.2, 0.25) is 0 Å². The van der Waals surface area contributed by atoms with E-state index in [9.17, 15) is 24.0 Å². The van der Waals surface area contributed by atoms with Crippen LogP contribution in [0.25, 0.3) is 0 Å². The van der Waals surface area contributed by atoms with Gasteiger partial charge in [-0.15, -0.1) is 0 Å². The number of nitro groups is 1. The third-order valence-corrected chi connectivity index (χ3v) is 4.21. The van der Waals surface area contributed by atoms with Crippen molar-refractivity contribution in [3.05, 3.63) is 52.6 Å². The summed E-state index contributed by atoms with van der Waals surface area (Å²) in [6.07, 6.45) is 0. The van der Waals surface area contributed by atoms with E-state index in [0.29, 0.717) is 37.6 Å². The molecule has 3 rings (SSSR count). The smallest absolute Gasteiger partial charge is 0.387 e. The second-order valence-electron chi connectivity index (χ2n) is 5.75. The molecule has 26 heavy (non-hydrogen) atoms. The highest BCUT2D eigenvalue weighted by atomic mass is 19.3. The number of rotatable bonds is 5. The van der Waals surface area contributed by atoms with E-state index < -0.39 is 11.5 Å². The van der Waals surface area contributed by atoms with Gasteiger partial charge in [-0.05, 0) is 18.2 Å². The molecule has 1 heterocycles. The molecule has 0 spiro atoms. The number of aromatic hydroxyl groups is 1. The Morgan fingerprint density at radius 2 is 1.65 bits per heavy atom. The SMILES string of the molecule is O=[N+]([O-])c1ccc(N2CCN(c3ccccc3O)CC2)c(OC(F)F)c1. The van der Waals surface area contributed by atoms with Crippen LogP contribution in [0.5, 0.6) is 11.5 Å². The molecular formula is C17H17F2N3O4. The molecule has 0 amide bonds. The van der Waals surface area contributed by atoms with Gasteiger partial charge >= 0.3 is 6.61 Å². The number of alkyl halides is 2. The Labute approximate surface area is 148 Å². The quantitative estimate of drug-likeness (QED) is 0.647. The highest BCUT2D eigenvalue weighted by Gasteiger charge is 2.24. The summed E-state index contributed by atoms with van der Waals surface area (Å²) in [5.41, 5.74) is 0.782. The molecule has 0 atom stereocenters. The Morgan fingerprint density at radius 1 is 1.04 bits per heavy atom. The summed E-state index contributed by atoms with van der Waals surface area (Å²) in [4.78, 5) is 14.0. The number of anilines is 2. The first-order valence-corrected chi connectivity index (χ1v) is 7.97. The summed E-state index contributed by atoms with van der Waals surface area (Å²) in [6.45, 7) is -0.971. The molecule has 9 heteroatoms. The van der Waals surface area contributed by atoms with Gasteiger partial charge in [-0.1, -0.05) is 12.1 Å². The third kappa shape index (κ3) is 3.76. The molecule has 7 nitrogen and oxygen atoms in total. The largest absolute Gasteiger partial charge is 0.506 e. The van der Waals surface area contributed by atoms with Crippen LogP contribution in [-0.2, 0) is 0 Å². The van der Waals surface area contributed by atoms with Gasteiger partial charge in [0.05, 0.1) is 22.4 Å². The molecule has 2 aromatic rings. The van der Waals surface area contributed by atoms with E-state index in [-0.39, 0.29) is 17.2 Å². The maximum absolute atomic E-state index is 12.7. The van der Waals surface area contributed by atoms with Crippen LogP contribution in [-0.4, -0.2) is 42.8 Å². The van der Waals surface area contributed by atoms with Gasteiger partial charge in [-0.25, -0.2) is 0 Å². The average Bonchev–Trinajstić information content (AvgIpc) is 2.62. The molecule has 0 saturated carbocycles. The number of ether oxygens (including phenoxy) is 1. The van der Waals surface area contributed by atoms with Gasteiger partial charge in [0.15, 0.2) is 5.75 Å². The van der Waals surface area contributed by atoms with Crippen molar-refractivity contribution in [1.82, 2.24) is 0 Å². The fraction of sp³-hybridized carbons (Fsp3) is 0.294. The van der Waals surface area contributed by atoms with Crippen LogP contribution in [0.15, 0.2) is 42.5 Å². The Hall–Kier alpha value is -3.10. The van der Waals surface area contributed by atoms with E-state index in [2.05, 4.69) is 4.74 Å². The molecular weight excluding hydrogens is 348 g/mol. The Bertz CT molecular complexity index is 795. The van der Waals surface area contributed by atoms with Crippen molar-refractivity contribution in [3.63, 3.8) is 0 Å². The normalized spacial score (nSPS) is 14.6. The molecule has 2 aromatic carbocycles. The van der Waals surface area contributed by atoms with Crippen molar-refractivity contribution in [2.75, 3.05) is 36.0 Å². The number of nitro benzene ring substituents is 1. The topological polar surface area (TPSA) is 79.1 Å². The van der Waals surface area contributed by atoms with Crippen LogP contribution in [0.4, 0.5) is 25.8 Å². The minimum absolute atomic E-state index is 0.179. The number of halogens is 2. The summed E-state index contributed by atoms with van der Waals surface area (Å²) < 4.78 is 29.9. The molecule has 0 aromatic heterocycles. The maximum Gasteiger partial charge on any atom is 0.387 e. The van der Waals surface area contributed by atoms with E-state index in [0.717, 1.165) is 6.07 Å². The van der Waals surface area contributed by atoms with Crippen molar-refractivity contribution < 1.29 is 23.5 Å². The van der Waals surface area contributed by atoms with Gasteiger partial charge in [-0.2, -0.15) is 8.78 Å². The molecule has 1 aliphatic heterocycles. The first kappa shape index (κ1) is 17.7. The highest BCUT2D eigenvalue weighted by Crippen LogP contribution is 2.35. The molecule has 0 bridgehead atoms.